The molecule has 2 atom stereocenters. The van der Waals surface area contributed by atoms with Gasteiger partial charge in [0.2, 0.25) is 0 Å². The fraction of sp³-hybridized carbons (Fsp3) is 0.300. The second-order valence-electron chi connectivity index (χ2n) is 5.73. The van der Waals surface area contributed by atoms with E-state index in [1.54, 1.807) is 14.2 Å². The van der Waals surface area contributed by atoms with Crippen LogP contribution in [0.5, 0.6) is 11.5 Å². The Morgan fingerprint density at radius 2 is 1.78 bits per heavy atom. The van der Waals surface area contributed by atoms with E-state index in [0.29, 0.717) is 11.8 Å². The molecule has 0 radical (unpaired) electrons. The van der Waals surface area contributed by atoms with Gasteiger partial charge in [-0.2, -0.15) is 0 Å². The monoisotopic (exact) mass is 326 g/mol. The highest BCUT2D eigenvalue weighted by Gasteiger charge is 2.30. The summed E-state index contributed by atoms with van der Waals surface area (Å²) in [5.74, 6) is 3.86. The Kier molecular flexibility index (Phi) is 4.97. The summed E-state index contributed by atoms with van der Waals surface area (Å²) in [6.45, 7) is 3.97. The molecule has 2 aromatic rings. The van der Waals surface area contributed by atoms with Gasteiger partial charge in [0, 0.05) is 16.6 Å². The summed E-state index contributed by atoms with van der Waals surface area (Å²) in [7, 11) is 3.42. The van der Waals surface area contributed by atoms with Crippen molar-refractivity contribution in [2.45, 2.75) is 23.2 Å². The average Bonchev–Trinajstić information content (AvgIpc) is 2.62. The minimum absolute atomic E-state index is 0.461. The molecule has 3 heteroatoms. The van der Waals surface area contributed by atoms with Gasteiger partial charge in [0.1, 0.15) is 11.5 Å². The number of hydrogen-bond acceptors (Lipinski definition) is 3. The van der Waals surface area contributed by atoms with Crippen LogP contribution in [0.25, 0.3) is 0 Å². The molecule has 0 saturated carbocycles. The van der Waals surface area contributed by atoms with Gasteiger partial charge in [0.25, 0.3) is 0 Å². The third-order valence-corrected chi connectivity index (χ3v) is 5.68. The van der Waals surface area contributed by atoms with E-state index >= 15 is 0 Å². The van der Waals surface area contributed by atoms with Gasteiger partial charge in [-0.25, -0.2) is 0 Å². The molecule has 0 aliphatic carbocycles. The lowest BCUT2D eigenvalue weighted by Gasteiger charge is -2.33. The van der Waals surface area contributed by atoms with Crippen LogP contribution in [0.15, 0.2) is 60.0 Å². The van der Waals surface area contributed by atoms with Gasteiger partial charge in [-0.3, -0.25) is 0 Å². The largest absolute Gasteiger partial charge is 0.497 e. The summed E-state index contributed by atoms with van der Waals surface area (Å²) in [6, 6.07) is 14.9. The van der Waals surface area contributed by atoms with Crippen molar-refractivity contribution in [3.8, 4) is 11.5 Å². The molecule has 0 saturated heterocycles. The van der Waals surface area contributed by atoms with Gasteiger partial charge in [0.05, 0.1) is 14.2 Å². The first-order valence-corrected chi connectivity index (χ1v) is 8.81. The van der Waals surface area contributed by atoms with E-state index < -0.39 is 0 Å². The minimum Gasteiger partial charge on any atom is -0.497 e. The molecule has 120 valence electrons. The molecule has 2 nitrogen and oxygen atoms in total. The van der Waals surface area contributed by atoms with Crippen molar-refractivity contribution in [2.24, 2.45) is 0 Å². The smallest absolute Gasteiger partial charge is 0.119 e. The standard InChI is InChI=1S/C20H22O2S/c1-4-5-17-18-11-10-16(22-3)12-20(18)23-13-19(17)14-6-8-15(21-2)9-7-14/h4,6-12,17,19H,1,5,13H2,2-3H3/t17-,19?/m1/s1. The zero-order valence-electron chi connectivity index (χ0n) is 13.6. The molecule has 0 amide bonds. The van der Waals surface area contributed by atoms with Crippen LogP contribution < -0.4 is 9.47 Å². The fourth-order valence-electron chi connectivity index (χ4n) is 3.24. The van der Waals surface area contributed by atoms with Gasteiger partial charge in [0.15, 0.2) is 0 Å². The predicted octanol–water partition coefficient (Wildman–Crippen LogP) is 5.25. The molecule has 0 aromatic heterocycles. The Bertz CT molecular complexity index is 679. The Hall–Kier alpha value is -1.87. The number of allylic oxidation sites excluding steroid dienone is 1. The second kappa shape index (κ2) is 7.14. The molecule has 0 N–H and O–H groups in total. The van der Waals surface area contributed by atoms with Crippen molar-refractivity contribution in [1.82, 2.24) is 0 Å². The number of fused-ring (bicyclic) bond motifs is 1. The number of hydrogen-bond donors (Lipinski definition) is 0. The van der Waals surface area contributed by atoms with E-state index in [2.05, 4.69) is 49.0 Å². The highest BCUT2D eigenvalue weighted by Crippen LogP contribution is 2.48. The quantitative estimate of drug-likeness (QED) is 0.699. The maximum atomic E-state index is 5.37. The Labute approximate surface area is 142 Å². The maximum Gasteiger partial charge on any atom is 0.119 e. The van der Waals surface area contributed by atoms with Gasteiger partial charge in [-0.1, -0.05) is 24.3 Å². The molecule has 1 heterocycles. The SMILES string of the molecule is C=CC[C@@H]1c2ccc(OC)cc2SCC1c1ccc(OC)cc1. The van der Waals surface area contributed by atoms with Crippen molar-refractivity contribution >= 4 is 11.8 Å². The van der Waals surface area contributed by atoms with E-state index in [1.165, 1.54) is 16.0 Å². The normalized spacial score (nSPS) is 19.7. The van der Waals surface area contributed by atoms with Gasteiger partial charge in [-0.15, -0.1) is 18.3 Å². The first-order valence-electron chi connectivity index (χ1n) is 7.82. The third kappa shape index (κ3) is 3.25. The molecule has 0 fully saturated rings. The summed E-state index contributed by atoms with van der Waals surface area (Å²) in [5.41, 5.74) is 2.77. The van der Waals surface area contributed by atoms with E-state index in [4.69, 9.17) is 9.47 Å². The third-order valence-electron chi connectivity index (χ3n) is 4.49. The van der Waals surface area contributed by atoms with Crippen LogP contribution in [-0.2, 0) is 0 Å². The van der Waals surface area contributed by atoms with Crippen LogP contribution in [0, 0.1) is 0 Å². The van der Waals surface area contributed by atoms with Crippen LogP contribution in [-0.4, -0.2) is 20.0 Å². The van der Waals surface area contributed by atoms with Crippen LogP contribution in [0.3, 0.4) is 0 Å². The molecule has 1 unspecified atom stereocenters. The van der Waals surface area contributed by atoms with Gasteiger partial charge >= 0.3 is 0 Å². The first-order chi connectivity index (χ1) is 11.3. The van der Waals surface area contributed by atoms with E-state index in [9.17, 15) is 0 Å². The maximum absolute atomic E-state index is 5.37. The van der Waals surface area contributed by atoms with E-state index in [1.807, 2.05) is 17.8 Å². The summed E-state index contributed by atoms with van der Waals surface area (Å²) >= 11 is 1.92. The molecule has 0 bridgehead atoms. The second-order valence-corrected chi connectivity index (χ2v) is 6.79. The Morgan fingerprint density at radius 1 is 1.09 bits per heavy atom. The van der Waals surface area contributed by atoms with E-state index in [0.717, 1.165) is 23.7 Å². The lowest BCUT2D eigenvalue weighted by Crippen LogP contribution is -2.18. The predicted molar refractivity (Wildman–Crippen MR) is 97.0 cm³/mol. The molecular weight excluding hydrogens is 304 g/mol. The van der Waals surface area contributed by atoms with Gasteiger partial charge < -0.3 is 9.47 Å². The highest BCUT2D eigenvalue weighted by molar-refractivity contribution is 7.99. The molecule has 23 heavy (non-hydrogen) atoms. The lowest BCUT2D eigenvalue weighted by atomic mass is 9.80. The van der Waals surface area contributed by atoms with Crippen molar-refractivity contribution in [2.75, 3.05) is 20.0 Å². The number of rotatable bonds is 5. The first kappa shape index (κ1) is 16.0. The highest BCUT2D eigenvalue weighted by atomic mass is 32.2. The van der Waals surface area contributed by atoms with Crippen molar-refractivity contribution < 1.29 is 9.47 Å². The van der Waals surface area contributed by atoms with Crippen LogP contribution >= 0.6 is 11.8 Å². The number of ether oxygens (including phenoxy) is 2. The molecule has 1 aliphatic rings. The molecular formula is C20H22O2S. The molecule has 3 rings (SSSR count). The van der Waals surface area contributed by atoms with Crippen molar-refractivity contribution in [3.63, 3.8) is 0 Å². The Balaban J connectivity index is 1.95. The average molecular weight is 326 g/mol. The van der Waals surface area contributed by atoms with Crippen LogP contribution in [0.1, 0.15) is 29.4 Å². The number of thioether (sulfide) groups is 1. The van der Waals surface area contributed by atoms with E-state index in [-0.39, 0.29) is 0 Å². The summed E-state index contributed by atoms with van der Waals surface area (Å²) in [5, 5.41) is 0. The number of benzene rings is 2. The van der Waals surface area contributed by atoms with Crippen molar-refractivity contribution in [1.29, 1.82) is 0 Å². The molecule has 2 aromatic carbocycles. The molecule has 0 spiro atoms. The van der Waals surface area contributed by atoms with Crippen LogP contribution in [0.2, 0.25) is 0 Å². The molecule has 1 aliphatic heterocycles. The zero-order chi connectivity index (χ0) is 16.2. The minimum atomic E-state index is 0.461. The fourth-order valence-corrected chi connectivity index (χ4v) is 4.61. The van der Waals surface area contributed by atoms with Crippen LogP contribution in [0.4, 0.5) is 0 Å². The number of methoxy groups -OCH3 is 2. The Morgan fingerprint density at radius 3 is 2.43 bits per heavy atom. The van der Waals surface area contributed by atoms with Gasteiger partial charge in [-0.05, 0) is 47.7 Å². The summed E-state index contributed by atoms with van der Waals surface area (Å²) in [6.07, 6.45) is 3.02. The summed E-state index contributed by atoms with van der Waals surface area (Å²) in [4.78, 5) is 1.33. The summed E-state index contributed by atoms with van der Waals surface area (Å²) < 4.78 is 10.6. The van der Waals surface area contributed by atoms with Crippen molar-refractivity contribution in [3.05, 3.63) is 66.2 Å². The zero-order valence-corrected chi connectivity index (χ0v) is 14.4. The topological polar surface area (TPSA) is 18.5 Å². The lowest BCUT2D eigenvalue weighted by molar-refractivity contribution is 0.412.